The van der Waals surface area contributed by atoms with Gasteiger partial charge in [0.15, 0.2) is 0 Å². The first-order chi connectivity index (χ1) is 8.76. The van der Waals surface area contributed by atoms with Crippen LogP contribution in [0, 0.1) is 0 Å². The van der Waals surface area contributed by atoms with Gasteiger partial charge in [0.05, 0.1) is 13.2 Å². The number of benzene rings is 2. The minimum atomic E-state index is 0.351. The van der Waals surface area contributed by atoms with Crippen LogP contribution in [0.25, 0.3) is 0 Å². The van der Waals surface area contributed by atoms with Crippen LogP contribution >= 0.6 is 15.9 Å². The Hall–Kier alpha value is -1.48. The summed E-state index contributed by atoms with van der Waals surface area (Å²) in [5, 5.41) is 3.55. The molecule has 0 spiro atoms. The molecule has 0 aromatic heterocycles. The summed E-state index contributed by atoms with van der Waals surface area (Å²) < 4.78 is 6.38. The Balaban J connectivity index is 1.88. The number of halogens is 1. The molecule has 0 amide bonds. The highest BCUT2D eigenvalue weighted by atomic mass is 79.9. The van der Waals surface area contributed by atoms with Gasteiger partial charge in [-0.15, -0.1) is 0 Å². The minimum absolute atomic E-state index is 0.351. The number of nitrogens with one attached hydrogen (secondary N) is 1. The third-order valence-corrected chi connectivity index (χ3v) is 3.81. The van der Waals surface area contributed by atoms with Gasteiger partial charge in [-0.2, -0.15) is 0 Å². The average molecular weight is 304 g/mol. The zero-order chi connectivity index (χ0) is 12.5. The van der Waals surface area contributed by atoms with Crippen LogP contribution in [0.1, 0.15) is 17.2 Å². The van der Waals surface area contributed by atoms with E-state index in [9.17, 15) is 0 Å². The van der Waals surface area contributed by atoms with E-state index in [-0.39, 0.29) is 0 Å². The lowest BCUT2D eigenvalue weighted by molar-refractivity contribution is 0.414. The van der Waals surface area contributed by atoms with E-state index < -0.39 is 0 Å². The van der Waals surface area contributed by atoms with E-state index in [4.69, 9.17) is 4.74 Å². The van der Waals surface area contributed by atoms with Crippen molar-refractivity contribution in [2.45, 2.75) is 12.5 Å². The van der Waals surface area contributed by atoms with Crippen LogP contribution in [0.4, 0.5) is 5.69 Å². The Morgan fingerprint density at radius 3 is 2.89 bits per heavy atom. The molecule has 1 aliphatic rings. The summed E-state index contributed by atoms with van der Waals surface area (Å²) in [4.78, 5) is 0. The Morgan fingerprint density at radius 2 is 2.11 bits per heavy atom. The molecule has 2 nitrogen and oxygen atoms in total. The van der Waals surface area contributed by atoms with Gasteiger partial charge >= 0.3 is 0 Å². The lowest BCUT2D eigenvalue weighted by Gasteiger charge is -2.11. The molecule has 2 aromatic carbocycles. The maximum absolute atomic E-state index is 5.26. The molecule has 1 aliphatic heterocycles. The topological polar surface area (TPSA) is 21.3 Å². The van der Waals surface area contributed by atoms with Gasteiger partial charge in [-0.3, -0.25) is 0 Å². The van der Waals surface area contributed by atoms with E-state index in [1.165, 1.54) is 16.8 Å². The third kappa shape index (κ3) is 2.10. The van der Waals surface area contributed by atoms with Gasteiger partial charge in [0.25, 0.3) is 0 Å². The van der Waals surface area contributed by atoms with Gasteiger partial charge in [-0.05, 0) is 47.9 Å². The van der Waals surface area contributed by atoms with Gasteiger partial charge in [-0.1, -0.05) is 28.1 Å². The number of ether oxygens (including phenoxy) is 1. The molecule has 3 rings (SSSR count). The first-order valence-electron chi connectivity index (χ1n) is 5.95. The molecule has 1 atom stereocenters. The SMILES string of the molecule is COc1ccc2c(c1)CC(c1cccc(Br)c1)N2. The monoisotopic (exact) mass is 303 g/mol. The first kappa shape index (κ1) is 11.6. The zero-order valence-corrected chi connectivity index (χ0v) is 11.7. The zero-order valence-electron chi connectivity index (χ0n) is 10.1. The second kappa shape index (κ2) is 4.65. The maximum atomic E-state index is 5.26. The van der Waals surface area contributed by atoms with Gasteiger partial charge in [0.1, 0.15) is 5.75 Å². The van der Waals surface area contributed by atoms with Crippen molar-refractivity contribution in [3.05, 3.63) is 58.1 Å². The molecule has 2 aromatic rings. The fraction of sp³-hybridized carbons (Fsp3) is 0.200. The summed E-state index contributed by atoms with van der Waals surface area (Å²) in [5.74, 6) is 0.922. The minimum Gasteiger partial charge on any atom is -0.497 e. The smallest absolute Gasteiger partial charge is 0.119 e. The van der Waals surface area contributed by atoms with E-state index in [1.807, 2.05) is 6.07 Å². The molecule has 0 fully saturated rings. The molecule has 18 heavy (non-hydrogen) atoms. The summed E-state index contributed by atoms with van der Waals surface area (Å²) in [7, 11) is 1.70. The van der Waals surface area contributed by atoms with Crippen LogP contribution in [-0.4, -0.2) is 7.11 Å². The summed E-state index contributed by atoms with van der Waals surface area (Å²) in [5.41, 5.74) is 3.83. The molecule has 3 heteroatoms. The second-order valence-corrected chi connectivity index (χ2v) is 5.39. The fourth-order valence-electron chi connectivity index (χ4n) is 2.39. The van der Waals surface area contributed by atoms with Crippen LogP contribution in [0.2, 0.25) is 0 Å². The van der Waals surface area contributed by atoms with Crippen LogP contribution in [-0.2, 0) is 6.42 Å². The highest BCUT2D eigenvalue weighted by Crippen LogP contribution is 2.36. The van der Waals surface area contributed by atoms with Crippen molar-refractivity contribution in [1.29, 1.82) is 0 Å². The van der Waals surface area contributed by atoms with Gasteiger partial charge < -0.3 is 10.1 Å². The Morgan fingerprint density at radius 1 is 1.22 bits per heavy atom. The number of hydrogen-bond acceptors (Lipinski definition) is 2. The summed E-state index contributed by atoms with van der Waals surface area (Å²) in [6.45, 7) is 0. The molecule has 0 saturated heterocycles. The molecule has 1 unspecified atom stereocenters. The van der Waals surface area contributed by atoms with Crippen molar-refractivity contribution in [2.24, 2.45) is 0 Å². The molecule has 0 aliphatic carbocycles. The largest absolute Gasteiger partial charge is 0.497 e. The number of anilines is 1. The lowest BCUT2D eigenvalue weighted by atomic mass is 10.0. The fourth-order valence-corrected chi connectivity index (χ4v) is 2.81. The van der Waals surface area contributed by atoms with Crippen LogP contribution in [0.5, 0.6) is 5.75 Å². The predicted molar refractivity (Wildman–Crippen MR) is 77.2 cm³/mol. The molecule has 1 N–H and O–H groups in total. The highest BCUT2D eigenvalue weighted by Gasteiger charge is 2.22. The predicted octanol–water partition coefficient (Wildman–Crippen LogP) is 4.17. The standard InChI is InChI=1S/C15H14BrNO/c1-18-13-5-6-14-11(8-13)9-15(17-14)10-3-2-4-12(16)7-10/h2-8,15,17H,9H2,1H3. The van der Waals surface area contributed by atoms with E-state index in [0.29, 0.717) is 6.04 Å². The van der Waals surface area contributed by atoms with Crippen LogP contribution in [0.15, 0.2) is 46.9 Å². The Bertz CT molecular complexity index is 582. The van der Waals surface area contributed by atoms with Crippen molar-refractivity contribution in [1.82, 2.24) is 0 Å². The lowest BCUT2D eigenvalue weighted by Crippen LogP contribution is -2.05. The highest BCUT2D eigenvalue weighted by molar-refractivity contribution is 9.10. The molecule has 0 radical (unpaired) electrons. The average Bonchev–Trinajstić information content (AvgIpc) is 2.81. The normalized spacial score (nSPS) is 17.1. The number of hydrogen-bond donors (Lipinski definition) is 1. The summed E-state index contributed by atoms with van der Waals surface area (Å²) >= 11 is 3.52. The molecule has 0 bridgehead atoms. The van der Waals surface area contributed by atoms with E-state index >= 15 is 0 Å². The maximum Gasteiger partial charge on any atom is 0.119 e. The Kier molecular flexibility index (Phi) is 3.00. The molecule has 1 heterocycles. The number of rotatable bonds is 2. The second-order valence-electron chi connectivity index (χ2n) is 4.48. The number of fused-ring (bicyclic) bond motifs is 1. The molecular weight excluding hydrogens is 290 g/mol. The van der Waals surface area contributed by atoms with Crippen molar-refractivity contribution in [2.75, 3.05) is 12.4 Å². The van der Waals surface area contributed by atoms with Crippen LogP contribution < -0.4 is 10.1 Å². The van der Waals surface area contributed by atoms with Crippen molar-refractivity contribution < 1.29 is 4.74 Å². The quantitative estimate of drug-likeness (QED) is 0.899. The van der Waals surface area contributed by atoms with Crippen molar-refractivity contribution in [3.8, 4) is 5.75 Å². The van der Waals surface area contributed by atoms with E-state index in [1.54, 1.807) is 7.11 Å². The van der Waals surface area contributed by atoms with E-state index in [0.717, 1.165) is 16.6 Å². The van der Waals surface area contributed by atoms with Gasteiger partial charge in [-0.25, -0.2) is 0 Å². The Labute approximate surface area is 115 Å². The molecule has 92 valence electrons. The van der Waals surface area contributed by atoms with E-state index in [2.05, 4.69) is 57.6 Å². The number of methoxy groups -OCH3 is 1. The molecule has 0 saturated carbocycles. The van der Waals surface area contributed by atoms with Crippen LogP contribution in [0.3, 0.4) is 0 Å². The molecular formula is C15H14BrNO. The summed E-state index contributed by atoms with van der Waals surface area (Å²) in [6, 6.07) is 15.0. The van der Waals surface area contributed by atoms with Gasteiger partial charge in [0, 0.05) is 10.2 Å². The van der Waals surface area contributed by atoms with Crippen molar-refractivity contribution in [3.63, 3.8) is 0 Å². The third-order valence-electron chi connectivity index (χ3n) is 3.32. The summed E-state index contributed by atoms with van der Waals surface area (Å²) in [6.07, 6.45) is 1.00. The van der Waals surface area contributed by atoms with Crippen molar-refractivity contribution >= 4 is 21.6 Å². The first-order valence-corrected chi connectivity index (χ1v) is 6.74. The van der Waals surface area contributed by atoms with Gasteiger partial charge in [0.2, 0.25) is 0 Å².